The number of carbonyl (C=O) groups is 1. The first-order valence-electron chi connectivity index (χ1n) is 9.89. The Morgan fingerprint density at radius 3 is 2.48 bits per heavy atom. The van der Waals surface area contributed by atoms with Crippen LogP contribution in [0.2, 0.25) is 0 Å². The van der Waals surface area contributed by atoms with Crippen LogP contribution in [0.1, 0.15) is 16.7 Å². The number of aromatic nitrogens is 4. The van der Waals surface area contributed by atoms with Gasteiger partial charge in [-0.1, -0.05) is 60.3 Å². The monoisotopic (exact) mass is 433 g/mol. The third-order valence-electron chi connectivity index (χ3n) is 5.08. The molecular weight excluding hydrogens is 410 g/mol. The molecule has 0 saturated carbocycles. The van der Waals surface area contributed by atoms with Crippen LogP contribution in [-0.2, 0) is 18.4 Å². The van der Waals surface area contributed by atoms with Crippen LogP contribution in [0.25, 0.3) is 11.0 Å². The summed E-state index contributed by atoms with van der Waals surface area (Å²) in [4.78, 5) is 30.5. The highest BCUT2D eigenvalue weighted by molar-refractivity contribution is 7.99. The van der Waals surface area contributed by atoms with E-state index in [1.54, 1.807) is 17.8 Å². The van der Waals surface area contributed by atoms with Crippen LogP contribution in [0.5, 0.6) is 0 Å². The number of para-hydroxylation sites is 1. The van der Waals surface area contributed by atoms with Gasteiger partial charge in [0.1, 0.15) is 5.52 Å². The third kappa shape index (κ3) is 4.39. The van der Waals surface area contributed by atoms with Crippen molar-refractivity contribution in [3.8, 4) is 0 Å². The molecule has 2 aromatic carbocycles. The Kier molecular flexibility index (Phi) is 5.90. The first kappa shape index (κ1) is 20.9. The van der Waals surface area contributed by atoms with Crippen LogP contribution < -0.4 is 10.9 Å². The molecule has 8 heteroatoms. The molecule has 4 rings (SSSR count). The van der Waals surface area contributed by atoms with E-state index in [1.807, 2.05) is 62.4 Å². The molecule has 0 aliphatic rings. The molecule has 2 aromatic heterocycles. The molecule has 0 bridgehead atoms. The molecule has 1 amide bonds. The van der Waals surface area contributed by atoms with Crippen molar-refractivity contribution in [2.75, 3.05) is 11.1 Å². The minimum atomic E-state index is -0.175. The average Bonchev–Trinajstić information content (AvgIpc) is 3.13. The SMILES string of the molecule is Cc1cccc(C)c1NC(=O)CSc1nc2cnn(C)c2c(=O)n1Cc1ccccc1. The van der Waals surface area contributed by atoms with Gasteiger partial charge in [0.15, 0.2) is 10.7 Å². The molecule has 0 atom stereocenters. The van der Waals surface area contributed by atoms with Gasteiger partial charge in [-0.05, 0) is 30.5 Å². The van der Waals surface area contributed by atoms with Crippen molar-refractivity contribution in [2.24, 2.45) is 7.05 Å². The van der Waals surface area contributed by atoms with Gasteiger partial charge in [0.25, 0.3) is 5.56 Å². The zero-order chi connectivity index (χ0) is 22.0. The summed E-state index contributed by atoms with van der Waals surface area (Å²) < 4.78 is 3.14. The lowest BCUT2D eigenvalue weighted by Crippen LogP contribution is -2.26. The summed E-state index contributed by atoms with van der Waals surface area (Å²) in [6.45, 7) is 4.30. The Morgan fingerprint density at radius 2 is 1.77 bits per heavy atom. The molecule has 0 spiro atoms. The number of aryl methyl sites for hydroxylation is 3. The maximum absolute atomic E-state index is 13.2. The normalized spacial score (nSPS) is 11.1. The van der Waals surface area contributed by atoms with Crippen molar-refractivity contribution >= 4 is 34.4 Å². The van der Waals surface area contributed by atoms with E-state index in [1.165, 1.54) is 16.4 Å². The van der Waals surface area contributed by atoms with Crippen LogP contribution >= 0.6 is 11.8 Å². The molecule has 0 aliphatic carbocycles. The van der Waals surface area contributed by atoms with Crippen molar-refractivity contribution in [3.63, 3.8) is 0 Å². The highest BCUT2D eigenvalue weighted by atomic mass is 32.2. The highest BCUT2D eigenvalue weighted by Gasteiger charge is 2.17. The molecule has 4 aromatic rings. The van der Waals surface area contributed by atoms with Gasteiger partial charge in [0, 0.05) is 12.7 Å². The van der Waals surface area contributed by atoms with E-state index in [9.17, 15) is 9.59 Å². The number of hydrogen-bond acceptors (Lipinski definition) is 5. The molecule has 0 radical (unpaired) electrons. The van der Waals surface area contributed by atoms with E-state index in [4.69, 9.17) is 0 Å². The minimum Gasteiger partial charge on any atom is -0.325 e. The zero-order valence-corrected chi connectivity index (χ0v) is 18.4. The molecule has 0 aliphatic heterocycles. The molecule has 0 saturated heterocycles. The second-order valence-electron chi connectivity index (χ2n) is 7.38. The van der Waals surface area contributed by atoms with Crippen molar-refractivity contribution in [1.82, 2.24) is 19.3 Å². The fraction of sp³-hybridized carbons (Fsp3) is 0.217. The van der Waals surface area contributed by atoms with Gasteiger partial charge < -0.3 is 5.32 Å². The average molecular weight is 434 g/mol. The van der Waals surface area contributed by atoms with Crippen molar-refractivity contribution in [1.29, 1.82) is 0 Å². The predicted molar refractivity (Wildman–Crippen MR) is 124 cm³/mol. The van der Waals surface area contributed by atoms with E-state index < -0.39 is 0 Å². The van der Waals surface area contributed by atoms with E-state index in [-0.39, 0.29) is 17.2 Å². The zero-order valence-electron chi connectivity index (χ0n) is 17.6. The fourth-order valence-electron chi connectivity index (χ4n) is 3.47. The molecule has 31 heavy (non-hydrogen) atoms. The summed E-state index contributed by atoms with van der Waals surface area (Å²) in [5.74, 6) is -0.00461. The van der Waals surface area contributed by atoms with E-state index in [2.05, 4.69) is 15.4 Å². The Bertz CT molecular complexity index is 1290. The summed E-state index contributed by atoms with van der Waals surface area (Å²) in [5, 5.41) is 7.64. The second kappa shape index (κ2) is 8.77. The van der Waals surface area contributed by atoms with E-state index in [0.29, 0.717) is 22.7 Å². The Hall–Kier alpha value is -3.39. The number of benzene rings is 2. The lowest BCUT2D eigenvalue weighted by Gasteiger charge is -2.14. The quantitative estimate of drug-likeness (QED) is 0.372. The first-order chi connectivity index (χ1) is 14.9. The number of amides is 1. The second-order valence-corrected chi connectivity index (χ2v) is 8.32. The van der Waals surface area contributed by atoms with Gasteiger partial charge in [-0.2, -0.15) is 5.10 Å². The molecule has 0 unspecified atom stereocenters. The van der Waals surface area contributed by atoms with Gasteiger partial charge in [-0.15, -0.1) is 0 Å². The Balaban J connectivity index is 1.62. The summed E-state index contributed by atoms with van der Waals surface area (Å²) in [6, 6.07) is 15.6. The van der Waals surface area contributed by atoms with Gasteiger partial charge in [-0.25, -0.2) is 4.98 Å². The van der Waals surface area contributed by atoms with Crippen LogP contribution in [0.4, 0.5) is 5.69 Å². The van der Waals surface area contributed by atoms with Gasteiger partial charge in [0.2, 0.25) is 5.91 Å². The van der Waals surface area contributed by atoms with Crippen LogP contribution in [0.15, 0.2) is 64.7 Å². The summed E-state index contributed by atoms with van der Waals surface area (Å²) >= 11 is 1.25. The number of nitrogens with one attached hydrogen (secondary N) is 1. The smallest absolute Gasteiger partial charge is 0.280 e. The standard InChI is InChI=1S/C23H23N5O2S/c1-15-8-7-9-16(2)20(15)26-19(29)14-31-23-25-18-12-24-27(3)21(18)22(30)28(23)13-17-10-5-4-6-11-17/h4-12H,13-14H2,1-3H3,(H,26,29). The third-order valence-corrected chi connectivity index (χ3v) is 6.05. The van der Waals surface area contributed by atoms with E-state index in [0.717, 1.165) is 22.4 Å². The van der Waals surface area contributed by atoms with Crippen molar-refractivity contribution in [2.45, 2.75) is 25.5 Å². The van der Waals surface area contributed by atoms with Gasteiger partial charge in [-0.3, -0.25) is 18.8 Å². The summed E-state index contributed by atoms with van der Waals surface area (Å²) in [5.41, 5.74) is 4.62. The fourth-order valence-corrected chi connectivity index (χ4v) is 4.27. The number of nitrogens with zero attached hydrogens (tertiary/aromatic N) is 4. The largest absolute Gasteiger partial charge is 0.325 e. The number of rotatable bonds is 6. The van der Waals surface area contributed by atoms with Crippen LogP contribution in [0.3, 0.4) is 0 Å². The maximum atomic E-state index is 13.2. The summed E-state index contributed by atoms with van der Waals surface area (Å²) in [6.07, 6.45) is 1.57. The molecule has 1 N–H and O–H groups in total. The number of carbonyl (C=O) groups excluding carboxylic acids is 1. The Morgan fingerprint density at radius 1 is 1.06 bits per heavy atom. The molecule has 158 valence electrons. The lowest BCUT2D eigenvalue weighted by atomic mass is 10.1. The first-order valence-corrected chi connectivity index (χ1v) is 10.9. The predicted octanol–water partition coefficient (Wildman–Crippen LogP) is 3.53. The molecular formula is C23H23N5O2S. The van der Waals surface area contributed by atoms with Crippen molar-refractivity contribution in [3.05, 3.63) is 81.8 Å². The number of anilines is 1. The molecule has 2 heterocycles. The number of fused-ring (bicyclic) bond motifs is 1. The number of thioether (sulfide) groups is 1. The van der Waals surface area contributed by atoms with E-state index >= 15 is 0 Å². The molecule has 7 nitrogen and oxygen atoms in total. The Labute approximate surface area is 184 Å². The minimum absolute atomic E-state index is 0.140. The number of hydrogen-bond donors (Lipinski definition) is 1. The highest BCUT2D eigenvalue weighted by Crippen LogP contribution is 2.22. The topological polar surface area (TPSA) is 81.8 Å². The lowest BCUT2D eigenvalue weighted by molar-refractivity contribution is -0.113. The molecule has 0 fully saturated rings. The van der Waals surface area contributed by atoms with Gasteiger partial charge in [0.05, 0.1) is 18.5 Å². The van der Waals surface area contributed by atoms with Crippen LogP contribution in [-0.4, -0.2) is 31.0 Å². The van der Waals surface area contributed by atoms with Crippen molar-refractivity contribution < 1.29 is 4.79 Å². The maximum Gasteiger partial charge on any atom is 0.280 e. The van der Waals surface area contributed by atoms with Crippen LogP contribution in [0, 0.1) is 13.8 Å². The summed E-state index contributed by atoms with van der Waals surface area (Å²) in [7, 11) is 1.73. The van der Waals surface area contributed by atoms with Gasteiger partial charge >= 0.3 is 0 Å².